The molecule has 29 heavy (non-hydrogen) atoms. The Morgan fingerprint density at radius 3 is 2.69 bits per heavy atom. The number of ether oxygens (including phenoxy) is 2. The minimum absolute atomic E-state index is 0.0451. The zero-order chi connectivity index (χ0) is 20.2. The number of rotatable bonds is 5. The van der Waals surface area contributed by atoms with Crippen LogP contribution in [0, 0.1) is 0 Å². The largest absolute Gasteiger partial charge is 0.471 e. The number of amides is 2. The molecule has 9 heteroatoms. The molecular formula is C20H23ClN4O4. The Morgan fingerprint density at radius 2 is 2.00 bits per heavy atom. The van der Waals surface area contributed by atoms with Crippen LogP contribution in [0.3, 0.4) is 0 Å². The smallest absolute Gasteiger partial charge is 0.254 e. The normalized spacial score (nSPS) is 19.4. The molecule has 0 aliphatic carbocycles. The Morgan fingerprint density at radius 1 is 1.21 bits per heavy atom. The highest BCUT2D eigenvalue weighted by Gasteiger charge is 2.31. The standard InChI is InChI=1S/C20H23ClN4O4/c21-16-12-22-25(13-16)14-29-17-4-1-3-15(11-17)19(26)23-6-8-24(9-7-23)20(27)18-5-2-10-28-18/h1,3-4,11-13,18H,2,5-10,14H2. The molecule has 2 saturated heterocycles. The lowest BCUT2D eigenvalue weighted by Crippen LogP contribution is -2.52. The van der Waals surface area contributed by atoms with Gasteiger partial charge in [-0.25, -0.2) is 4.68 Å². The second kappa shape index (κ2) is 8.84. The van der Waals surface area contributed by atoms with Crippen molar-refractivity contribution in [1.82, 2.24) is 19.6 Å². The zero-order valence-electron chi connectivity index (χ0n) is 16.0. The van der Waals surface area contributed by atoms with Crippen molar-refractivity contribution in [3.8, 4) is 5.75 Å². The molecule has 0 bridgehead atoms. The van der Waals surface area contributed by atoms with Crippen LogP contribution >= 0.6 is 11.6 Å². The van der Waals surface area contributed by atoms with Gasteiger partial charge in [0.05, 0.1) is 11.2 Å². The summed E-state index contributed by atoms with van der Waals surface area (Å²) in [6, 6.07) is 7.07. The van der Waals surface area contributed by atoms with Gasteiger partial charge in [-0.1, -0.05) is 17.7 Å². The highest BCUT2D eigenvalue weighted by atomic mass is 35.5. The quantitative estimate of drug-likeness (QED) is 0.742. The second-order valence-corrected chi connectivity index (χ2v) is 7.55. The summed E-state index contributed by atoms with van der Waals surface area (Å²) in [6.07, 6.45) is 4.61. The van der Waals surface area contributed by atoms with Gasteiger partial charge in [0.1, 0.15) is 11.9 Å². The molecule has 2 aliphatic rings. The van der Waals surface area contributed by atoms with Crippen molar-refractivity contribution in [2.75, 3.05) is 32.8 Å². The van der Waals surface area contributed by atoms with Gasteiger partial charge in [0.25, 0.3) is 11.8 Å². The Balaban J connectivity index is 1.32. The molecule has 0 radical (unpaired) electrons. The average Bonchev–Trinajstić information content (AvgIpc) is 3.43. The number of hydrogen-bond donors (Lipinski definition) is 0. The van der Waals surface area contributed by atoms with Crippen LogP contribution in [0.1, 0.15) is 23.2 Å². The lowest BCUT2D eigenvalue weighted by atomic mass is 10.1. The molecule has 0 saturated carbocycles. The molecule has 0 N–H and O–H groups in total. The summed E-state index contributed by atoms with van der Waals surface area (Å²) in [5.74, 6) is 0.556. The first kappa shape index (κ1) is 19.7. The Kier molecular flexibility index (Phi) is 6.01. The first-order chi connectivity index (χ1) is 14.1. The van der Waals surface area contributed by atoms with Gasteiger partial charge in [-0.2, -0.15) is 5.10 Å². The van der Waals surface area contributed by atoms with Gasteiger partial charge in [0.2, 0.25) is 0 Å². The molecule has 154 valence electrons. The summed E-state index contributed by atoms with van der Waals surface area (Å²) in [7, 11) is 0. The maximum Gasteiger partial charge on any atom is 0.254 e. The summed E-state index contributed by atoms with van der Waals surface area (Å²) >= 11 is 5.84. The van der Waals surface area contributed by atoms with Crippen molar-refractivity contribution in [1.29, 1.82) is 0 Å². The van der Waals surface area contributed by atoms with Crippen LogP contribution in [0.2, 0.25) is 5.02 Å². The van der Waals surface area contributed by atoms with Crippen molar-refractivity contribution in [2.24, 2.45) is 0 Å². The van der Waals surface area contributed by atoms with Crippen molar-refractivity contribution in [3.05, 3.63) is 47.2 Å². The fourth-order valence-corrected chi connectivity index (χ4v) is 3.71. The van der Waals surface area contributed by atoms with E-state index in [1.807, 2.05) is 0 Å². The number of aromatic nitrogens is 2. The molecule has 3 heterocycles. The van der Waals surface area contributed by atoms with Gasteiger partial charge in [-0.3, -0.25) is 9.59 Å². The molecule has 2 fully saturated rings. The van der Waals surface area contributed by atoms with E-state index in [9.17, 15) is 9.59 Å². The molecule has 2 aliphatic heterocycles. The molecule has 1 aromatic heterocycles. The van der Waals surface area contributed by atoms with Crippen LogP contribution in [-0.4, -0.2) is 70.3 Å². The minimum Gasteiger partial charge on any atom is -0.471 e. The van der Waals surface area contributed by atoms with Crippen LogP contribution in [0.15, 0.2) is 36.7 Å². The summed E-state index contributed by atoms with van der Waals surface area (Å²) in [6.45, 7) is 2.93. The molecule has 2 aromatic rings. The van der Waals surface area contributed by atoms with Crippen molar-refractivity contribution in [3.63, 3.8) is 0 Å². The summed E-state index contributed by atoms with van der Waals surface area (Å²) in [4.78, 5) is 28.9. The van der Waals surface area contributed by atoms with Crippen molar-refractivity contribution < 1.29 is 19.1 Å². The van der Waals surface area contributed by atoms with E-state index < -0.39 is 0 Å². The van der Waals surface area contributed by atoms with E-state index in [1.54, 1.807) is 44.9 Å². The Hall–Kier alpha value is -2.58. The third-order valence-electron chi connectivity index (χ3n) is 5.13. The van der Waals surface area contributed by atoms with Crippen LogP contribution in [0.25, 0.3) is 0 Å². The van der Waals surface area contributed by atoms with E-state index in [-0.39, 0.29) is 24.6 Å². The van der Waals surface area contributed by atoms with E-state index in [0.717, 1.165) is 12.8 Å². The number of carbonyl (C=O) groups is 2. The first-order valence-corrected chi connectivity index (χ1v) is 10.1. The average molecular weight is 419 g/mol. The summed E-state index contributed by atoms with van der Waals surface area (Å²) in [5, 5.41) is 4.59. The van der Waals surface area contributed by atoms with Crippen molar-refractivity contribution >= 4 is 23.4 Å². The highest BCUT2D eigenvalue weighted by molar-refractivity contribution is 6.30. The first-order valence-electron chi connectivity index (χ1n) is 9.70. The maximum absolute atomic E-state index is 12.9. The number of halogens is 1. The molecule has 0 spiro atoms. The van der Waals surface area contributed by atoms with Gasteiger partial charge < -0.3 is 19.3 Å². The molecule has 8 nitrogen and oxygen atoms in total. The number of carbonyl (C=O) groups excluding carboxylic acids is 2. The van der Waals surface area contributed by atoms with Gasteiger partial charge in [-0.15, -0.1) is 0 Å². The van der Waals surface area contributed by atoms with Gasteiger partial charge >= 0.3 is 0 Å². The summed E-state index contributed by atoms with van der Waals surface area (Å²) in [5.41, 5.74) is 0.555. The lowest BCUT2D eigenvalue weighted by Gasteiger charge is -2.35. The van der Waals surface area contributed by atoms with E-state index in [4.69, 9.17) is 21.1 Å². The fourth-order valence-electron chi connectivity index (χ4n) is 3.56. The topological polar surface area (TPSA) is 76.9 Å². The van der Waals surface area contributed by atoms with Crippen LogP contribution < -0.4 is 4.74 Å². The van der Waals surface area contributed by atoms with E-state index in [0.29, 0.717) is 49.1 Å². The maximum atomic E-state index is 12.9. The number of benzene rings is 1. The third-order valence-corrected chi connectivity index (χ3v) is 5.33. The monoisotopic (exact) mass is 418 g/mol. The predicted molar refractivity (Wildman–Crippen MR) is 106 cm³/mol. The van der Waals surface area contributed by atoms with Crippen LogP contribution in [-0.2, 0) is 16.3 Å². The Labute approximate surface area is 173 Å². The van der Waals surface area contributed by atoms with E-state index in [2.05, 4.69) is 5.10 Å². The van der Waals surface area contributed by atoms with Crippen LogP contribution in [0.5, 0.6) is 5.75 Å². The van der Waals surface area contributed by atoms with E-state index >= 15 is 0 Å². The minimum atomic E-state index is -0.309. The zero-order valence-corrected chi connectivity index (χ0v) is 16.8. The molecule has 1 atom stereocenters. The second-order valence-electron chi connectivity index (χ2n) is 7.12. The highest BCUT2D eigenvalue weighted by Crippen LogP contribution is 2.19. The number of hydrogen-bond acceptors (Lipinski definition) is 5. The van der Waals surface area contributed by atoms with Gasteiger partial charge in [0, 0.05) is 44.5 Å². The van der Waals surface area contributed by atoms with Gasteiger partial charge in [0.15, 0.2) is 6.73 Å². The SMILES string of the molecule is O=C(c1cccc(OCn2cc(Cl)cn2)c1)N1CCN(C(=O)C2CCCO2)CC1. The molecule has 2 amide bonds. The van der Waals surface area contributed by atoms with Crippen LogP contribution in [0.4, 0.5) is 0 Å². The third kappa shape index (κ3) is 4.71. The molecule has 4 rings (SSSR count). The molecule has 1 unspecified atom stereocenters. The number of nitrogens with zero attached hydrogens (tertiary/aromatic N) is 4. The van der Waals surface area contributed by atoms with Gasteiger partial charge in [-0.05, 0) is 31.0 Å². The summed E-state index contributed by atoms with van der Waals surface area (Å²) < 4.78 is 12.7. The molecule has 1 aromatic carbocycles. The number of piperazine rings is 1. The fraction of sp³-hybridized carbons (Fsp3) is 0.450. The Bertz CT molecular complexity index is 873. The van der Waals surface area contributed by atoms with E-state index in [1.165, 1.54) is 6.20 Å². The lowest BCUT2D eigenvalue weighted by molar-refractivity contribution is -0.142. The predicted octanol–water partition coefficient (Wildman–Crippen LogP) is 2.04. The molecular weight excluding hydrogens is 396 g/mol. The van der Waals surface area contributed by atoms with Crippen molar-refractivity contribution in [2.45, 2.75) is 25.7 Å².